The molecule has 25 heavy (non-hydrogen) atoms. The van der Waals surface area contributed by atoms with Crippen LogP contribution in [0.25, 0.3) is 11.3 Å². The second-order valence-corrected chi connectivity index (χ2v) is 6.66. The van der Waals surface area contributed by atoms with Crippen LogP contribution in [0.1, 0.15) is 32.6 Å². The van der Waals surface area contributed by atoms with Gasteiger partial charge in [-0.15, -0.1) is 0 Å². The van der Waals surface area contributed by atoms with Crippen LogP contribution < -0.4 is 10.9 Å². The second-order valence-electron chi connectivity index (χ2n) is 6.66. The number of hydrogen-bond donors (Lipinski definition) is 1. The van der Waals surface area contributed by atoms with Crippen molar-refractivity contribution < 1.29 is 9.18 Å². The van der Waals surface area contributed by atoms with Gasteiger partial charge in [0.2, 0.25) is 5.91 Å². The van der Waals surface area contributed by atoms with Crippen LogP contribution in [-0.4, -0.2) is 21.5 Å². The Balaban J connectivity index is 1.70. The molecule has 1 aromatic heterocycles. The van der Waals surface area contributed by atoms with Gasteiger partial charge in [0.15, 0.2) is 0 Å². The standard InChI is InChI=1S/C19H22FN3O2/c1-13-6-2-5-9-16(13)22-18(24)11-23-12-21-17(10-19(23)25)14-7-3-4-8-15(14)20/h3-4,7-8,10,12-13,16H,2,5-6,9,11H2,1H3,(H,22,24). The predicted octanol–water partition coefficient (Wildman–Crippen LogP) is 2.74. The van der Waals surface area contributed by atoms with Gasteiger partial charge in [-0.25, -0.2) is 9.37 Å². The topological polar surface area (TPSA) is 64.0 Å². The second kappa shape index (κ2) is 7.59. The summed E-state index contributed by atoms with van der Waals surface area (Å²) in [5.41, 5.74) is 0.160. The summed E-state index contributed by atoms with van der Waals surface area (Å²) in [6.45, 7) is 2.06. The number of nitrogens with zero attached hydrogens (tertiary/aromatic N) is 2. The van der Waals surface area contributed by atoms with Crippen LogP contribution in [0.2, 0.25) is 0 Å². The summed E-state index contributed by atoms with van der Waals surface area (Å²) in [5.74, 6) is -0.173. The fourth-order valence-corrected chi connectivity index (χ4v) is 3.30. The highest BCUT2D eigenvalue weighted by atomic mass is 19.1. The Morgan fingerprint density at radius 2 is 2.08 bits per heavy atom. The number of nitrogens with one attached hydrogen (secondary N) is 1. The van der Waals surface area contributed by atoms with Crippen molar-refractivity contribution in [1.29, 1.82) is 0 Å². The van der Waals surface area contributed by atoms with Crippen LogP contribution in [0.4, 0.5) is 4.39 Å². The van der Waals surface area contributed by atoms with Crippen molar-refractivity contribution in [1.82, 2.24) is 14.9 Å². The molecule has 0 bridgehead atoms. The largest absolute Gasteiger partial charge is 0.352 e. The van der Waals surface area contributed by atoms with Gasteiger partial charge in [-0.1, -0.05) is 31.9 Å². The van der Waals surface area contributed by atoms with Gasteiger partial charge in [-0.05, 0) is 30.9 Å². The fourth-order valence-electron chi connectivity index (χ4n) is 3.30. The molecule has 1 amide bonds. The predicted molar refractivity (Wildman–Crippen MR) is 93.5 cm³/mol. The lowest BCUT2D eigenvalue weighted by molar-refractivity contribution is -0.123. The summed E-state index contributed by atoms with van der Waals surface area (Å²) in [7, 11) is 0. The molecule has 1 aromatic carbocycles. The van der Waals surface area contributed by atoms with Crippen LogP contribution in [-0.2, 0) is 11.3 Å². The molecule has 2 unspecified atom stereocenters. The molecule has 1 fully saturated rings. The molecule has 1 aliphatic carbocycles. The maximum absolute atomic E-state index is 13.8. The average Bonchev–Trinajstić information content (AvgIpc) is 2.59. The van der Waals surface area contributed by atoms with Crippen molar-refractivity contribution in [2.24, 2.45) is 5.92 Å². The molecule has 1 N–H and O–H groups in total. The number of aromatic nitrogens is 2. The first-order valence-corrected chi connectivity index (χ1v) is 8.65. The molecule has 6 heteroatoms. The van der Waals surface area contributed by atoms with Crippen LogP contribution in [0.3, 0.4) is 0 Å². The van der Waals surface area contributed by atoms with Crippen molar-refractivity contribution in [3.05, 3.63) is 52.8 Å². The van der Waals surface area contributed by atoms with Crippen LogP contribution in [0.5, 0.6) is 0 Å². The van der Waals surface area contributed by atoms with Crippen LogP contribution in [0, 0.1) is 11.7 Å². The Hall–Kier alpha value is -2.50. The summed E-state index contributed by atoms with van der Waals surface area (Å²) >= 11 is 0. The SMILES string of the molecule is CC1CCCCC1NC(=O)Cn1cnc(-c2ccccc2F)cc1=O. The van der Waals surface area contributed by atoms with Gasteiger partial charge in [0, 0.05) is 17.7 Å². The Morgan fingerprint density at radius 1 is 1.32 bits per heavy atom. The van der Waals surface area contributed by atoms with Gasteiger partial charge in [-0.3, -0.25) is 14.2 Å². The van der Waals surface area contributed by atoms with Gasteiger partial charge in [0.25, 0.3) is 5.56 Å². The lowest BCUT2D eigenvalue weighted by atomic mass is 9.86. The monoisotopic (exact) mass is 343 g/mol. The Kier molecular flexibility index (Phi) is 5.26. The Bertz CT molecular complexity index is 818. The van der Waals surface area contributed by atoms with Crippen molar-refractivity contribution in [3.8, 4) is 11.3 Å². The number of amides is 1. The normalized spacial score (nSPS) is 20.2. The molecular weight excluding hydrogens is 321 g/mol. The van der Waals surface area contributed by atoms with E-state index in [2.05, 4.69) is 17.2 Å². The molecule has 0 radical (unpaired) electrons. The number of halogens is 1. The van der Waals surface area contributed by atoms with Crippen molar-refractivity contribution in [2.45, 2.75) is 45.2 Å². The van der Waals surface area contributed by atoms with E-state index < -0.39 is 5.82 Å². The molecular formula is C19H22FN3O2. The third-order valence-corrected chi connectivity index (χ3v) is 4.80. The maximum atomic E-state index is 13.8. The van der Waals surface area contributed by atoms with Crippen LogP contribution in [0.15, 0.2) is 41.5 Å². The summed E-state index contributed by atoms with van der Waals surface area (Å²) in [6.07, 6.45) is 5.71. The number of benzene rings is 1. The van der Waals surface area contributed by atoms with E-state index in [-0.39, 0.29) is 35.3 Å². The molecule has 1 saturated carbocycles. The zero-order chi connectivity index (χ0) is 17.8. The number of rotatable bonds is 4. The van der Waals surface area contributed by atoms with Gasteiger partial charge in [0.1, 0.15) is 12.4 Å². The molecule has 0 saturated heterocycles. The zero-order valence-corrected chi connectivity index (χ0v) is 14.2. The van der Waals surface area contributed by atoms with E-state index in [1.807, 2.05) is 0 Å². The van der Waals surface area contributed by atoms with E-state index in [1.165, 1.54) is 29.4 Å². The highest BCUT2D eigenvalue weighted by Gasteiger charge is 2.22. The highest BCUT2D eigenvalue weighted by Crippen LogP contribution is 2.23. The van der Waals surface area contributed by atoms with Crippen molar-refractivity contribution >= 4 is 5.91 Å². The minimum absolute atomic E-state index is 0.0768. The van der Waals surface area contributed by atoms with E-state index >= 15 is 0 Å². The number of carbonyl (C=O) groups is 1. The summed E-state index contributed by atoms with van der Waals surface area (Å²) in [5, 5.41) is 3.01. The lowest BCUT2D eigenvalue weighted by Crippen LogP contribution is -2.43. The molecule has 1 heterocycles. The van der Waals surface area contributed by atoms with E-state index in [0.29, 0.717) is 5.92 Å². The first-order valence-electron chi connectivity index (χ1n) is 8.65. The number of hydrogen-bond acceptors (Lipinski definition) is 3. The lowest BCUT2D eigenvalue weighted by Gasteiger charge is -2.29. The summed E-state index contributed by atoms with van der Waals surface area (Å²) in [6, 6.07) is 7.58. The van der Waals surface area contributed by atoms with E-state index in [4.69, 9.17) is 0 Å². The summed E-state index contributed by atoms with van der Waals surface area (Å²) in [4.78, 5) is 28.6. The zero-order valence-electron chi connectivity index (χ0n) is 14.2. The molecule has 132 valence electrons. The van der Waals surface area contributed by atoms with Crippen LogP contribution >= 0.6 is 0 Å². The quantitative estimate of drug-likeness (QED) is 0.928. The first-order chi connectivity index (χ1) is 12.0. The maximum Gasteiger partial charge on any atom is 0.254 e. The molecule has 3 rings (SSSR count). The minimum atomic E-state index is -0.434. The Labute approximate surface area is 145 Å². The minimum Gasteiger partial charge on any atom is -0.352 e. The fraction of sp³-hybridized carbons (Fsp3) is 0.421. The molecule has 2 atom stereocenters. The van der Waals surface area contributed by atoms with E-state index in [9.17, 15) is 14.0 Å². The molecule has 0 spiro atoms. The third-order valence-electron chi connectivity index (χ3n) is 4.80. The van der Waals surface area contributed by atoms with Gasteiger partial charge in [-0.2, -0.15) is 0 Å². The Morgan fingerprint density at radius 3 is 2.80 bits per heavy atom. The average molecular weight is 343 g/mol. The van der Waals surface area contributed by atoms with Gasteiger partial charge >= 0.3 is 0 Å². The smallest absolute Gasteiger partial charge is 0.254 e. The van der Waals surface area contributed by atoms with Crippen molar-refractivity contribution in [2.75, 3.05) is 0 Å². The number of carbonyl (C=O) groups excluding carboxylic acids is 1. The molecule has 2 aromatic rings. The van der Waals surface area contributed by atoms with Gasteiger partial charge in [0.05, 0.1) is 12.0 Å². The van der Waals surface area contributed by atoms with E-state index in [1.54, 1.807) is 18.2 Å². The molecule has 5 nitrogen and oxygen atoms in total. The van der Waals surface area contributed by atoms with Gasteiger partial charge < -0.3 is 5.32 Å². The summed E-state index contributed by atoms with van der Waals surface area (Å²) < 4.78 is 15.0. The third kappa shape index (κ3) is 4.13. The molecule has 1 aliphatic rings. The van der Waals surface area contributed by atoms with E-state index in [0.717, 1.165) is 19.3 Å². The van der Waals surface area contributed by atoms with Crippen molar-refractivity contribution in [3.63, 3.8) is 0 Å². The first kappa shape index (κ1) is 17.3. The molecule has 0 aliphatic heterocycles. The highest BCUT2D eigenvalue weighted by molar-refractivity contribution is 5.76.